The molecule has 78 valence electrons. The molecule has 0 aliphatic rings. The number of nitrogens with two attached hydrogens (primary N) is 1. The van der Waals surface area contributed by atoms with Gasteiger partial charge < -0.3 is 10.3 Å². The molecule has 3 nitrogen and oxygen atoms in total. The summed E-state index contributed by atoms with van der Waals surface area (Å²) < 4.78 is 18.7. The van der Waals surface area contributed by atoms with Crippen molar-refractivity contribution < 1.29 is 8.91 Å². The van der Waals surface area contributed by atoms with E-state index in [9.17, 15) is 4.39 Å². The lowest BCUT2D eigenvalue weighted by Gasteiger charge is -2.03. The van der Waals surface area contributed by atoms with Gasteiger partial charge in [-0.05, 0) is 40.5 Å². The topological polar surface area (TPSA) is 52.0 Å². The molecule has 0 atom stereocenters. The third-order valence-electron chi connectivity index (χ3n) is 1.97. The van der Waals surface area contributed by atoms with Gasteiger partial charge in [0.1, 0.15) is 5.82 Å². The van der Waals surface area contributed by atoms with Gasteiger partial charge in [-0.1, -0.05) is 5.16 Å². The number of benzene rings is 1. The van der Waals surface area contributed by atoms with Gasteiger partial charge in [-0.15, -0.1) is 0 Å². The molecule has 0 bridgehead atoms. The lowest BCUT2D eigenvalue weighted by molar-refractivity contribution is 0.435. The molecule has 0 radical (unpaired) electrons. The Hall–Kier alpha value is -1.36. The second kappa shape index (κ2) is 3.66. The number of aromatic nitrogens is 1. The van der Waals surface area contributed by atoms with Crippen LogP contribution >= 0.6 is 15.9 Å². The van der Waals surface area contributed by atoms with Gasteiger partial charge >= 0.3 is 0 Å². The molecule has 5 heteroatoms. The minimum absolute atomic E-state index is 0.277. The first-order chi connectivity index (χ1) is 7.08. The average molecular weight is 271 g/mol. The third kappa shape index (κ3) is 1.87. The van der Waals surface area contributed by atoms with E-state index in [4.69, 9.17) is 10.3 Å². The van der Waals surface area contributed by atoms with E-state index in [1.807, 2.05) is 0 Å². The van der Waals surface area contributed by atoms with Crippen LogP contribution in [0.4, 0.5) is 10.2 Å². The van der Waals surface area contributed by atoms with E-state index in [2.05, 4.69) is 21.1 Å². The van der Waals surface area contributed by atoms with Crippen molar-refractivity contribution in [3.63, 3.8) is 0 Å². The normalized spacial score (nSPS) is 10.6. The maximum atomic E-state index is 13.4. The van der Waals surface area contributed by atoms with Crippen molar-refractivity contribution in [3.05, 3.63) is 34.1 Å². The first-order valence-corrected chi connectivity index (χ1v) is 5.05. The molecule has 0 aliphatic carbocycles. The number of hydrogen-bond acceptors (Lipinski definition) is 3. The smallest absolute Gasteiger partial charge is 0.170 e. The molecule has 2 aromatic rings. The summed E-state index contributed by atoms with van der Waals surface area (Å²) in [7, 11) is 0. The average Bonchev–Trinajstić information content (AvgIpc) is 2.58. The van der Waals surface area contributed by atoms with Crippen LogP contribution in [-0.2, 0) is 0 Å². The van der Waals surface area contributed by atoms with Crippen LogP contribution in [-0.4, -0.2) is 5.16 Å². The van der Waals surface area contributed by atoms with Crippen molar-refractivity contribution in [1.82, 2.24) is 5.16 Å². The quantitative estimate of drug-likeness (QED) is 0.866. The van der Waals surface area contributed by atoms with Crippen molar-refractivity contribution in [2.75, 3.05) is 5.73 Å². The lowest BCUT2D eigenvalue weighted by Crippen LogP contribution is -1.85. The van der Waals surface area contributed by atoms with Crippen LogP contribution in [0.1, 0.15) is 5.56 Å². The van der Waals surface area contributed by atoms with Gasteiger partial charge in [-0.2, -0.15) is 0 Å². The van der Waals surface area contributed by atoms with E-state index >= 15 is 0 Å². The Morgan fingerprint density at radius 3 is 2.73 bits per heavy atom. The summed E-state index contributed by atoms with van der Waals surface area (Å²) in [4.78, 5) is 0. The maximum Gasteiger partial charge on any atom is 0.170 e. The predicted octanol–water partition coefficient (Wildman–Crippen LogP) is 3.13. The summed E-state index contributed by atoms with van der Waals surface area (Å²) in [6.07, 6.45) is 0. The Morgan fingerprint density at radius 1 is 1.40 bits per heavy atom. The Labute approximate surface area is 94.2 Å². The molecule has 0 fully saturated rings. The highest BCUT2D eigenvalue weighted by Crippen LogP contribution is 2.32. The zero-order chi connectivity index (χ0) is 11.0. The van der Waals surface area contributed by atoms with E-state index in [1.54, 1.807) is 19.1 Å². The number of aryl methyl sites for hydroxylation is 1. The minimum atomic E-state index is -0.333. The summed E-state index contributed by atoms with van der Waals surface area (Å²) in [6, 6.07) is 4.79. The molecule has 0 aliphatic heterocycles. The van der Waals surface area contributed by atoms with Crippen LogP contribution in [0.15, 0.2) is 27.2 Å². The molecule has 2 rings (SSSR count). The highest BCUT2D eigenvalue weighted by molar-refractivity contribution is 9.10. The van der Waals surface area contributed by atoms with E-state index in [-0.39, 0.29) is 11.6 Å². The standard InChI is InChI=1S/C10H8BrFN2O/c1-5-2-6(10(11)7(12)3-5)8-4-9(13)14-15-8/h2-4H,1H3,(H2,13,14). The van der Waals surface area contributed by atoms with Crippen molar-refractivity contribution in [2.45, 2.75) is 6.92 Å². The van der Waals surface area contributed by atoms with Crippen LogP contribution in [0.2, 0.25) is 0 Å². The molecule has 0 amide bonds. The summed E-state index contributed by atoms with van der Waals surface area (Å²) in [5.74, 6) is 0.390. The van der Waals surface area contributed by atoms with Crippen LogP contribution in [0.5, 0.6) is 0 Å². The number of nitrogen functional groups attached to an aromatic ring is 1. The molecule has 1 aromatic heterocycles. The lowest BCUT2D eigenvalue weighted by atomic mass is 10.1. The SMILES string of the molecule is Cc1cc(F)c(Br)c(-c2cc(N)no2)c1. The Morgan fingerprint density at radius 2 is 2.13 bits per heavy atom. The summed E-state index contributed by atoms with van der Waals surface area (Å²) in [6.45, 7) is 1.80. The predicted molar refractivity (Wildman–Crippen MR) is 58.7 cm³/mol. The van der Waals surface area contributed by atoms with Crippen LogP contribution in [0.3, 0.4) is 0 Å². The fourth-order valence-corrected chi connectivity index (χ4v) is 1.74. The molecule has 0 spiro atoms. The zero-order valence-corrected chi connectivity index (χ0v) is 9.51. The fourth-order valence-electron chi connectivity index (χ4n) is 1.32. The molecular weight excluding hydrogens is 263 g/mol. The maximum absolute atomic E-state index is 13.4. The van der Waals surface area contributed by atoms with Gasteiger partial charge in [0.25, 0.3) is 0 Å². The minimum Gasteiger partial charge on any atom is -0.381 e. The number of anilines is 1. The van der Waals surface area contributed by atoms with Crippen molar-refractivity contribution >= 4 is 21.7 Å². The number of rotatable bonds is 1. The van der Waals surface area contributed by atoms with Gasteiger partial charge in [-0.25, -0.2) is 4.39 Å². The van der Waals surface area contributed by atoms with E-state index < -0.39 is 0 Å². The van der Waals surface area contributed by atoms with Crippen molar-refractivity contribution in [2.24, 2.45) is 0 Å². The molecule has 1 aromatic carbocycles. The van der Waals surface area contributed by atoms with Gasteiger partial charge in [0, 0.05) is 11.6 Å². The van der Waals surface area contributed by atoms with E-state index in [0.29, 0.717) is 15.8 Å². The van der Waals surface area contributed by atoms with Gasteiger partial charge in [0.2, 0.25) is 0 Å². The first kappa shape index (κ1) is 10.2. The molecule has 0 saturated heterocycles. The summed E-state index contributed by atoms with van der Waals surface area (Å²) in [5, 5.41) is 3.55. The Balaban J connectivity index is 2.62. The Kier molecular flexibility index (Phi) is 2.48. The number of nitrogens with zero attached hydrogens (tertiary/aromatic N) is 1. The second-order valence-corrected chi connectivity index (χ2v) is 4.02. The fraction of sp³-hybridized carbons (Fsp3) is 0.100. The van der Waals surface area contributed by atoms with Crippen molar-refractivity contribution in [1.29, 1.82) is 0 Å². The Bertz CT molecular complexity index is 510. The summed E-state index contributed by atoms with van der Waals surface area (Å²) in [5.41, 5.74) is 6.84. The second-order valence-electron chi connectivity index (χ2n) is 3.22. The number of hydrogen-bond donors (Lipinski definition) is 1. The zero-order valence-electron chi connectivity index (χ0n) is 7.92. The van der Waals surface area contributed by atoms with Gasteiger partial charge in [0.05, 0.1) is 4.47 Å². The van der Waals surface area contributed by atoms with Crippen LogP contribution in [0.25, 0.3) is 11.3 Å². The highest BCUT2D eigenvalue weighted by atomic mass is 79.9. The molecule has 0 unspecified atom stereocenters. The molecule has 2 N–H and O–H groups in total. The van der Waals surface area contributed by atoms with Crippen LogP contribution in [0, 0.1) is 12.7 Å². The van der Waals surface area contributed by atoms with Crippen molar-refractivity contribution in [3.8, 4) is 11.3 Å². The molecule has 1 heterocycles. The summed E-state index contributed by atoms with van der Waals surface area (Å²) >= 11 is 3.16. The monoisotopic (exact) mass is 270 g/mol. The number of halogens is 2. The first-order valence-electron chi connectivity index (χ1n) is 4.26. The molecular formula is C10H8BrFN2O. The third-order valence-corrected chi connectivity index (χ3v) is 2.77. The van der Waals surface area contributed by atoms with E-state index in [0.717, 1.165) is 5.56 Å². The molecule has 15 heavy (non-hydrogen) atoms. The highest BCUT2D eigenvalue weighted by Gasteiger charge is 2.12. The van der Waals surface area contributed by atoms with Gasteiger partial charge in [0.15, 0.2) is 11.6 Å². The largest absolute Gasteiger partial charge is 0.381 e. The van der Waals surface area contributed by atoms with Gasteiger partial charge in [-0.3, -0.25) is 0 Å². The molecule has 0 saturated carbocycles. The van der Waals surface area contributed by atoms with E-state index in [1.165, 1.54) is 6.07 Å². The van der Waals surface area contributed by atoms with Crippen LogP contribution < -0.4 is 5.73 Å².